The van der Waals surface area contributed by atoms with E-state index in [-0.39, 0.29) is 17.3 Å². The van der Waals surface area contributed by atoms with Crippen LogP contribution in [0.25, 0.3) is 0 Å². The van der Waals surface area contributed by atoms with Crippen molar-refractivity contribution in [2.75, 3.05) is 19.8 Å². The maximum Gasteiger partial charge on any atom is 0.218 e. The molecule has 0 aromatic heterocycles. The Morgan fingerprint density at radius 3 is 2.40 bits per heavy atom. The summed E-state index contributed by atoms with van der Waals surface area (Å²) in [5.74, 6) is 0.0797. The fourth-order valence-electron chi connectivity index (χ4n) is 1.46. The third-order valence-corrected chi connectivity index (χ3v) is 2.57. The molecule has 6 nitrogen and oxygen atoms in total. The topological polar surface area (TPSA) is 112 Å². The standard InChI is InChI=1S/C9H19N5O/c1-9(2-4-15-5-3-9)6-13-8(12)14-7(10)11/h2-6H2,1H3,(H6,10,11,12,13,14). The van der Waals surface area contributed by atoms with Crippen molar-refractivity contribution in [1.29, 1.82) is 0 Å². The molecule has 1 heterocycles. The Morgan fingerprint density at radius 1 is 1.27 bits per heavy atom. The summed E-state index contributed by atoms with van der Waals surface area (Å²) in [6.07, 6.45) is 1.98. The van der Waals surface area contributed by atoms with Crippen molar-refractivity contribution in [1.82, 2.24) is 0 Å². The van der Waals surface area contributed by atoms with Gasteiger partial charge in [-0.1, -0.05) is 6.92 Å². The van der Waals surface area contributed by atoms with Gasteiger partial charge in [-0.15, -0.1) is 0 Å². The first kappa shape index (κ1) is 11.8. The highest BCUT2D eigenvalue weighted by Gasteiger charge is 2.26. The Balaban J connectivity index is 2.50. The van der Waals surface area contributed by atoms with Gasteiger partial charge in [0.2, 0.25) is 5.96 Å². The smallest absolute Gasteiger partial charge is 0.218 e. The average molecular weight is 213 g/mol. The number of rotatable bonds is 2. The van der Waals surface area contributed by atoms with E-state index >= 15 is 0 Å². The monoisotopic (exact) mass is 213 g/mol. The van der Waals surface area contributed by atoms with Gasteiger partial charge in [0, 0.05) is 19.8 Å². The molecular weight excluding hydrogens is 194 g/mol. The molecule has 1 aliphatic rings. The van der Waals surface area contributed by atoms with Crippen molar-refractivity contribution >= 4 is 11.9 Å². The van der Waals surface area contributed by atoms with Crippen LogP contribution >= 0.6 is 0 Å². The molecular formula is C9H19N5O. The van der Waals surface area contributed by atoms with Crippen LogP contribution in [-0.4, -0.2) is 31.7 Å². The van der Waals surface area contributed by atoms with E-state index in [1.54, 1.807) is 0 Å². The van der Waals surface area contributed by atoms with Crippen LogP contribution in [0.1, 0.15) is 19.8 Å². The van der Waals surface area contributed by atoms with E-state index in [2.05, 4.69) is 16.9 Å². The second-order valence-electron chi connectivity index (χ2n) is 4.13. The Hall–Kier alpha value is -1.30. The quantitative estimate of drug-likeness (QED) is 0.419. The summed E-state index contributed by atoms with van der Waals surface area (Å²) in [6.45, 7) is 4.38. The van der Waals surface area contributed by atoms with Crippen LogP contribution in [-0.2, 0) is 4.74 Å². The van der Waals surface area contributed by atoms with Crippen LogP contribution in [0.3, 0.4) is 0 Å². The maximum absolute atomic E-state index is 5.52. The van der Waals surface area contributed by atoms with Crippen molar-refractivity contribution in [3.63, 3.8) is 0 Å². The lowest BCUT2D eigenvalue weighted by Crippen LogP contribution is -2.31. The molecule has 0 aromatic rings. The molecule has 1 rings (SSSR count). The number of guanidine groups is 2. The lowest BCUT2D eigenvalue weighted by molar-refractivity contribution is 0.0283. The van der Waals surface area contributed by atoms with Gasteiger partial charge in [-0.2, -0.15) is 4.99 Å². The highest BCUT2D eigenvalue weighted by atomic mass is 16.5. The van der Waals surface area contributed by atoms with Crippen LogP contribution in [0.15, 0.2) is 9.98 Å². The normalized spacial score (nSPS) is 21.0. The van der Waals surface area contributed by atoms with Crippen LogP contribution < -0.4 is 17.2 Å². The van der Waals surface area contributed by atoms with Gasteiger partial charge in [0.05, 0.1) is 0 Å². The van der Waals surface area contributed by atoms with E-state index in [1.165, 1.54) is 0 Å². The highest BCUT2D eigenvalue weighted by Crippen LogP contribution is 2.29. The zero-order chi connectivity index (χ0) is 11.3. The average Bonchev–Trinajstić information content (AvgIpc) is 2.15. The summed E-state index contributed by atoms with van der Waals surface area (Å²) >= 11 is 0. The van der Waals surface area contributed by atoms with Gasteiger partial charge >= 0.3 is 0 Å². The van der Waals surface area contributed by atoms with Crippen LogP contribution in [0.4, 0.5) is 0 Å². The van der Waals surface area contributed by atoms with Gasteiger partial charge in [0.1, 0.15) is 0 Å². The SMILES string of the molecule is CC1(CN=C(N)N=C(N)N)CCOCC1. The molecule has 0 radical (unpaired) electrons. The predicted octanol–water partition coefficient (Wildman–Crippen LogP) is -0.609. The molecule has 6 heteroatoms. The lowest BCUT2D eigenvalue weighted by atomic mass is 9.83. The van der Waals surface area contributed by atoms with Crippen molar-refractivity contribution < 1.29 is 4.74 Å². The zero-order valence-electron chi connectivity index (χ0n) is 9.07. The molecule has 0 aliphatic carbocycles. The van der Waals surface area contributed by atoms with E-state index in [4.69, 9.17) is 21.9 Å². The Morgan fingerprint density at radius 2 is 1.87 bits per heavy atom. The molecule has 1 fully saturated rings. The molecule has 15 heavy (non-hydrogen) atoms. The fraction of sp³-hybridized carbons (Fsp3) is 0.778. The number of nitrogens with two attached hydrogens (primary N) is 3. The minimum atomic E-state index is -0.0617. The van der Waals surface area contributed by atoms with Crippen LogP contribution in [0.5, 0.6) is 0 Å². The first-order valence-electron chi connectivity index (χ1n) is 4.99. The van der Waals surface area contributed by atoms with Crippen molar-refractivity contribution in [2.24, 2.45) is 32.6 Å². The number of hydrogen-bond donors (Lipinski definition) is 3. The van der Waals surface area contributed by atoms with E-state index < -0.39 is 0 Å². The Bertz CT molecular complexity index is 264. The van der Waals surface area contributed by atoms with Gasteiger partial charge in [-0.3, -0.25) is 4.99 Å². The molecule has 0 unspecified atom stereocenters. The van der Waals surface area contributed by atoms with Crippen molar-refractivity contribution in [3.8, 4) is 0 Å². The van der Waals surface area contributed by atoms with E-state index in [0.29, 0.717) is 6.54 Å². The molecule has 0 saturated carbocycles. The molecule has 0 bridgehead atoms. The first-order chi connectivity index (χ1) is 7.02. The zero-order valence-corrected chi connectivity index (χ0v) is 9.07. The maximum atomic E-state index is 5.52. The van der Waals surface area contributed by atoms with Crippen molar-refractivity contribution in [2.45, 2.75) is 19.8 Å². The molecule has 1 aliphatic heterocycles. The van der Waals surface area contributed by atoms with E-state index in [1.807, 2.05) is 0 Å². The largest absolute Gasteiger partial charge is 0.381 e. The summed E-state index contributed by atoms with van der Waals surface area (Å²) in [7, 11) is 0. The van der Waals surface area contributed by atoms with Gasteiger partial charge < -0.3 is 21.9 Å². The summed E-state index contributed by atoms with van der Waals surface area (Å²) in [5.41, 5.74) is 16.0. The summed E-state index contributed by atoms with van der Waals surface area (Å²) in [4.78, 5) is 7.81. The van der Waals surface area contributed by atoms with Gasteiger partial charge in [-0.25, -0.2) is 0 Å². The number of nitrogens with zero attached hydrogens (tertiary/aromatic N) is 2. The van der Waals surface area contributed by atoms with Crippen LogP contribution in [0.2, 0.25) is 0 Å². The van der Waals surface area contributed by atoms with Crippen LogP contribution in [0, 0.1) is 5.41 Å². The van der Waals surface area contributed by atoms with Gasteiger partial charge in [-0.05, 0) is 18.3 Å². The second-order valence-corrected chi connectivity index (χ2v) is 4.13. The molecule has 0 atom stereocenters. The third kappa shape index (κ3) is 4.16. The Labute approximate surface area is 89.6 Å². The van der Waals surface area contributed by atoms with E-state index in [0.717, 1.165) is 26.1 Å². The summed E-state index contributed by atoms with van der Waals surface area (Å²) in [6, 6.07) is 0. The van der Waals surface area contributed by atoms with Gasteiger partial charge in [0.25, 0.3) is 0 Å². The predicted molar refractivity (Wildman–Crippen MR) is 60.5 cm³/mol. The molecule has 0 spiro atoms. The third-order valence-electron chi connectivity index (χ3n) is 2.57. The minimum Gasteiger partial charge on any atom is -0.381 e. The summed E-state index contributed by atoms with van der Waals surface area (Å²) in [5, 5.41) is 0. The van der Waals surface area contributed by atoms with Gasteiger partial charge in [0.15, 0.2) is 5.96 Å². The molecule has 1 saturated heterocycles. The molecule has 86 valence electrons. The molecule has 6 N–H and O–H groups in total. The molecule has 0 aromatic carbocycles. The Kier molecular flexibility index (Phi) is 3.90. The summed E-state index contributed by atoms with van der Waals surface area (Å²) < 4.78 is 5.29. The number of ether oxygens (including phenoxy) is 1. The number of aliphatic imine (C=N–C) groups is 2. The second kappa shape index (κ2) is 4.97. The van der Waals surface area contributed by atoms with E-state index in [9.17, 15) is 0 Å². The first-order valence-corrected chi connectivity index (χ1v) is 4.99. The molecule has 0 amide bonds. The number of hydrogen-bond acceptors (Lipinski definition) is 2. The lowest BCUT2D eigenvalue weighted by Gasteiger charge is -2.31. The van der Waals surface area contributed by atoms with Crippen molar-refractivity contribution in [3.05, 3.63) is 0 Å². The highest BCUT2D eigenvalue weighted by molar-refractivity contribution is 5.92. The minimum absolute atomic E-state index is 0.0617. The fourth-order valence-corrected chi connectivity index (χ4v) is 1.46.